The van der Waals surface area contributed by atoms with Crippen LogP contribution in [0.15, 0.2) is 28.9 Å². The first-order chi connectivity index (χ1) is 7.63. The van der Waals surface area contributed by atoms with Gasteiger partial charge in [0.1, 0.15) is 0 Å². The van der Waals surface area contributed by atoms with Crippen molar-refractivity contribution in [2.45, 2.75) is 26.3 Å². The Morgan fingerprint density at radius 1 is 1.38 bits per heavy atom. The van der Waals surface area contributed by atoms with Crippen molar-refractivity contribution in [3.63, 3.8) is 0 Å². The molecule has 2 nitrogen and oxygen atoms in total. The monoisotopic (exact) mass is 280 g/mol. The Kier molecular flexibility index (Phi) is 3.36. The van der Waals surface area contributed by atoms with Crippen molar-refractivity contribution in [2.24, 2.45) is 5.73 Å². The fraction of sp³-hybridized carbons (Fsp3) is 0.385. The van der Waals surface area contributed by atoms with Gasteiger partial charge in [0.2, 0.25) is 0 Å². The summed E-state index contributed by atoms with van der Waals surface area (Å²) in [5.41, 5.74) is 8.28. The van der Waals surface area contributed by atoms with Crippen LogP contribution in [0, 0.1) is 0 Å². The molecule has 0 atom stereocenters. The van der Waals surface area contributed by atoms with E-state index in [1.165, 1.54) is 16.5 Å². The molecule has 1 aromatic heterocycles. The summed E-state index contributed by atoms with van der Waals surface area (Å²) < 4.78 is 3.43. The third-order valence-electron chi connectivity index (χ3n) is 2.85. The van der Waals surface area contributed by atoms with E-state index in [1.807, 2.05) is 0 Å². The van der Waals surface area contributed by atoms with E-state index in [9.17, 15) is 0 Å². The maximum atomic E-state index is 5.65. The molecule has 1 aromatic carbocycles. The molecule has 0 aliphatic heterocycles. The van der Waals surface area contributed by atoms with Crippen molar-refractivity contribution in [2.75, 3.05) is 6.54 Å². The van der Waals surface area contributed by atoms with Crippen molar-refractivity contribution in [1.82, 2.24) is 4.57 Å². The zero-order valence-corrected chi connectivity index (χ0v) is 11.3. The maximum Gasteiger partial charge on any atom is 0.0496 e. The number of hydrogen-bond donors (Lipinski definition) is 1. The Balaban J connectivity index is 2.66. The van der Waals surface area contributed by atoms with Crippen molar-refractivity contribution in [3.05, 3.63) is 34.4 Å². The van der Waals surface area contributed by atoms with Gasteiger partial charge in [-0.05, 0) is 44.5 Å². The average Bonchev–Trinajstić information content (AvgIpc) is 2.57. The van der Waals surface area contributed by atoms with Gasteiger partial charge in [0.15, 0.2) is 0 Å². The second-order valence-corrected chi connectivity index (χ2v) is 5.27. The lowest BCUT2D eigenvalue weighted by molar-refractivity contribution is 0.620. The minimum absolute atomic E-state index is 0.475. The lowest BCUT2D eigenvalue weighted by Crippen LogP contribution is -2.02. The molecule has 3 heteroatoms. The van der Waals surface area contributed by atoms with Gasteiger partial charge in [-0.25, -0.2) is 0 Å². The van der Waals surface area contributed by atoms with Crippen molar-refractivity contribution >= 4 is 26.8 Å². The van der Waals surface area contributed by atoms with Crippen LogP contribution in [0.2, 0.25) is 0 Å². The number of fused-ring (bicyclic) bond motifs is 1. The molecule has 0 aliphatic carbocycles. The van der Waals surface area contributed by atoms with Gasteiger partial charge in [-0.15, -0.1) is 0 Å². The van der Waals surface area contributed by atoms with Crippen molar-refractivity contribution in [3.8, 4) is 0 Å². The second-order valence-electron chi connectivity index (χ2n) is 4.36. The summed E-state index contributed by atoms with van der Waals surface area (Å²) in [5.74, 6) is 0. The van der Waals surface area contributed by atoms with E-state index in [1.54, 1.807) is 0 Å². The fourth-order valence-corrected chi connectivity index (χ4v) is 2.43. The van der Waals surface area contributed by atoms with Crippen LogP contribution in [0.4, 0.5) is 0 Å². The lowest BCUT2D eigenvalue weighted by atomic mass is 10.1. The third kappa shape index (κ3) is 2.02. The smallest absolute Gasteiger partial charge is 0.0496 e. The number of rotatable bonds is 3. The van der Waals surface area contributed by atoms with Crippen LogP contribution in [-0.2, 0) is 6.42 Å². The van der Waals surface area contributed by atoms with Crippen LogP contribution in [0.5, 0.6) is 0 Å². The topological polar surface area (TPSA) is 30.9 Å². The van der Waals surface area contributed by atoms with Crippen molar-refractivity contribution < 1.29 is 0 Å². The van der Waals surface area contributed by atoms with Crippen LogP contribution in [-0.4, -0.2) is 11.1 Å². The Labute approximate surface area is 105 Å². The number of benzene rings is 1. The summed E-state index contributed by atoms with van der Waals surface area (Å²) in [4.78, 5) is 0. The highest BCUT2D eigenvalue weighted by Gasteiger charge is 2.10. The van der Waals surface area contributed by atoms with Gasteiger partial charge < -0.3 is 10.3 Å². The maximum absolute atomic E-state index is 5.65. The number of nitrogens with zero attached hydrogens (tertiary/aromatic N) is 1. The van der Waals surface area contributed by atoms with Crippen LogP contribution < -0.4 is 5.73 Å². The van der Waals surface area contributed by atoms with E-state index < -0.39 is 0 Å². The largest absolute Gasteiger partial charge is 0.345 e. The Bertz CT molecular complexity index is 500. The molecule has 1 heterocycles. The minimum Gasteiger partial charge on any atom is -0.345 e. The SMILES string of the molecule is CC(C)n1cc(CCN)c2ccc(Br)cc21. The zero-order chi connectivity index (χ0) is 11.7. The number of hydrogen-bond acceptors (Lipinski definition) is 1. The Morgan fingerprint density at radius 3 is 2.75 bits per heavy atom. The molecule has 0 bridgehead atoms. The average molecular weight is 281 g/mol. The molecular formula is C13H17BrN2. The molecule has 0 saturated heterocycles. The molecular weight excluding hydrogens is 264 g/mol. The summed E-state index contributed by atoms with van der Waals surface area (Å²) in [6, 6.07) is 6.91. The van der Waals surface area contributed by atoms with Crippen LogP contribution in [0.1, 0.15) is 25.5 Å². The first-order valence-electron chi connectivity index (χ1n) is 5.62. The number of halogens is 1. The highest BCUT2D eigenvalue weighted by atomic mass is 79.9. The van der Waals surface area contributed by atoms with E-state index >= 15 is 0 Å². The van der Waals surface area contributed by atoms with Gasteiger partial charge in [0.05, 0.1) is 0 Å². The van der Waals surface area contributed by atoms with Gasteiger partial charge in [-0.2, -0.15) is 0 Å². The normalized spacial score (nSPS) is 11.6. The van der Waals surface area contributed by atoms with E-state index in [2.05, 4.69) is 58.7 Å². The molecule has 86 valence electrons. The molecule has 2 rings (SSSR count). The summed E-state index contributed by atoms with van der Waals surface area (Å²) >= 11 is 3.53. The molecule has 0 aliphatic rings. The van der Waals surface area contributed by atoms with Gasteiger partial charge in [0, 0.05) is 27.6 Å². The predicted octanol–water partition coefficient (Wildman–Crippen LogP) is 3.49. The molecule has 2 aromatic rings. The number of aromatic nitrogens is 1. The van der Waals surface area contributed by atoms with E-state index in [-0.39, 0.29) is 0 Å². The van der Waals surface area contributed by atoms with Gasteiger partial charge in [0.25, 0.3) is 0 Å². The zero-order valence-electron chi connectivity index (χ0n) is 9.70. The summed E-state index contributed by atoms with van der Waals surface area (Å²) in [5, 5.41) is 1.32. The molecule has 0 saturated carbocycles. The fourth-order valence-electron chi connectivity index (χ4n) is 2.08. The molecule has 0 amide bonds. The van der Waals surface area contributed by atoms with Gasteiger partial charge in [-0.3, -0.25) is 0 Å². The van der Waals surface area contributed by atoms with Gasteiger partial charge in [-0.1, -0.05) is 22.0 Å². The lowest BCUT2D eigenvalue weighted by Gasteiger charge is -2.08. The first kappa shape index (κ1) is 11.7. The van der Waals surface area contributed by atoms with E-state index in [0.29, 0.717) is 12.6 Å². The first-order valence-corrected chi connectivity index (χ1v) is 6.42. The molecule has 0 fully saturated rings. The van der Waals surface area contributed by atoms with E-state index in [0.717, 1.165) is 10.9 Å². The Morgan fingerprint density at radius 2 is 2.12 bits per heavy atom. The van der Waals surface area contributed by atoms with Crippen LogP contribution in [0.25, 0.3) is 10.9 Å². The van der Waals surface area contributed by atoms with Crippen LogP contribution in [0.3, 0.4) is 0 Å². The third-order valence-corrected chi connectivity index (χ3v) is 3.34. The summed E-state index contributed by atoms with van der Waals surface area (Å²) in [6.45, 7) is 5.10. The van der Waals surface area contributed by atoms with Crippen LogP contribution >= 0.6 is 15.9 Å². The highest BCUT2D eigenvalue weighted by molar-refractivity contribution is 9.10. The molecule has 0 unspecified atom stereocenters. The van der Waals surface area contributed by atoms with Gasteiger partial charge >= 0.3 is 0 Å². The quantitative estimate of drug-likeness (QED) is 0.917. The highest BCUT2D eigenvalue weighted by Crippen LogP contribution is 2.27. The molecule has 0 radical (unpaired) electrons. The standard InChI is InChI=1S/C13H17BrN2/c1-9(2)16-8-10(5-6-15)12-4-3-11(14)7-13(12)16/h3-4,7-9H,5-6,15H2,1-2H3. The second kappa shape index (κ2) is 4.60. The predicted molar refractivity (Wildman–Crippen MR) is 72.8 cm³/mol. The van der Waals surface area contributed by atoms with Crippen molar-refractivity contribution in [1.29, 1.82) is 0 Å². The molecule has 0 spiro atoms. The summed E-state index contributed by atoms with van der Waals surface area (Å²) in [7, 11) is 0. The number of nitrogens with two attached hydrogens (primary N) is 1. The minimum atomic E-state index is 0.475. The Hall–Kier alpha value is -0.800. The molecule has 2 N–H and O–H groups in total. The van der Waals surface area contributed by atoms with E-state index in [4.69, 9.17) is 5.73 Å². The summed E-state index contributed by atoms with van der Waals surface area (Å²) in [6.07, 6.45) is 3.17. The molecule has 16 heavy (non-hydrogen) atoms.